The summed E-state index contributed by atoms with van der Waals surface area (Å²) < 4.78 is 0. The maximum absolute atomic E-state index is 8.54. The Bertz CT molecular complexity index is 637. The lowest BCUT2D eigenvalue weighted by molar-refractivity contribution is 1.26. The second kappa shape index (κ2) is 7.65. The van der Waals surface area contributed by atoms with Crippen molar-refractivity contribution in [2.75, 3.05) is 0 Å². The van der Waals surface area contributed by atoms with Crippen molar-refractivity contribution < 1.29 is 0 Å². The van der Waals surface area contributed by atoms with Gasteiger partial charge in [0.15, 0.2) is 0 Å². The van der Waals surface area contributed by atoms with E-state index in [1.807, 2.05) is 38.1 Å². The fraction of sp³-hybridized carbons (Fsp3) is 0.118. The molecule has 0 aliphatic carbocycles. The third-order valence-corrected chi connectivity index (χ3v) is 2.43. The molecule has 0 fully saturated rings. The molecule has 0 aliphatic rings. The van der Waals surface area contributed by atoms with Crippen LogP contribution in [0.2, 0.25) is 0 Å². The number of nitriles is 1. The summed E-state index contributed by atoms with van der Waals surface area (Å²) in [7, 11) is 0. The van der Waals surface area contributed by atoms with Gasteiger partial charge in [0.1, 0.15) is 0 Å². The summed E-state index contributed by atoms with van der Waals surface area (Å²) in [5, 5.41) is 8.54. The summed E-state index contributed by atoms with van der Waals surface area (Å²) in [6, 6.07) is 11.2. The number of pyridine rings is 2. The van der Waals surface area contributed by atoms with E-state index in [0.717, 1.165) is 22.5 Å². The minimum Gasteiger partial charge on any atom is -0.257 e. The normalized spacial score (nSPS) is 8.85. The molecule has 0 bridgehead atoms. The Morgan fingerprint density at radius 1 is 1.00 bits per heavy atom. The van der Waals surface area contributed by atoms with Gasteiger partial charge in [-0.2, -0.15) is 5.26 Å². The molecule has 100 valence electrons. The molecule has 2 aromatic heterocycles. The molecule has 0 radical (unpaired) electrons. The number of nitrogens with zero attached hydrogens (tertiary/aromatic N) is 3. The Kier molecular flexibility index (Phi) is 5.86. The lowest BCUT2D eigenvalue weighted by atomic mass is 10.2. The van der Waals surface area contributed by atoms with E-state index in [1.165, 1.54) is 0 Å². The summed E-state index contributed by atoms with van der Waals surface area (Å²) in [6.07, 6.45) is 3.38. The Balaban J connectivity index is 0.000000204. The van der Waals surface area contributed by atoms with Crippen LogP contribution >= 0.6 is 0 Å². The maximum Gasteiger partial charge on any atom is 0.0992 e. The molecule has 0 unspecified atom stereocenters. The first-order valence-electron chi connectivity index (χ1n) is 6.13. The molecule has 0 aliphatic heterocycles. The van der Waals surface area contributed by atoms with E-state index in [1.54, 1.807) is 24.5 Å². The standard InChI is InChI=1S/C9H8N2.C8H9N/c1-7(2)9-5-8(6-10)3-4-11-9;1-7(2)8-5-3-4-6-9-8/h3-5H,1H2,2H3;3-6H,1H2,2H3. The van der Waals surface area contributed by atoms with Crippen LogP contribution in [-0.2, 0) is 0 Å². The third-order valence-electron chi connectivity index (χ3n) is 2.43. The van der Waals surface area contributed by atoms with Gasteiger partial charge in [0.2, 0.25) is 0 Å². The molecular formula is C17H17N3. The maximum atomic E-state index is 8.54. The van der Waals surface area contributed by atoms with Gasteiger partial charge in [-0.15, -0.1) is 0 Å². The Labute approximate surface area is 120 Å². The summed E-state index contributed by atoms with van der Waals surface area (Å²) in [4.78, 5) is 8.11. The van der Waals surface area contributed by atoms with E-state index in [4.69, 9.17) is 5.26 Å². The van der Waals surface area contributed by atoms with Gasteiger partial charge < -0.3 is 0 Å². The van der Waals surface area contributed by atoms with Crippen molar-refractivity contribution in [1.82, 2.24) is 9.97 Å². The van der Waals surface area contributed by atoms with Gasteiger partial charge in [-0.1, -0.05) is 19.2 Å². The monoisotopic (exact) mass is 263 g/mol. The predicted octanol–water partition coefficient (Wildman–Crippen LogP) is 4.10. The number of allylic oxidation sites excluding steroid dienone is 2. The first kappa shape index (κ1) is 15.3. The van der Waals surface area contributed by atoms with Gasteiger partial charge in [-0.05, 0) is 49.3 Å². The van der Waals surface area contributed by atoms with Crippen LogP contribution in [-0.4, -0.2) is 9.97 Å². The van der Waals surface area contributed by atoms with Gasteiger partial charge in [0, 0.05) is 12.4 Å². The summed E-state index contributed by atoms with van der Waals surface area (Å²) in [5.41, 5.74) is 4.26. The van der Waals surface area contributed by atoms with Crippen LogP contribution in [0.4, 0.5) is 0 Å². The summed E-state index contributed by atoms with van der Waals surface area (Å²) >= 11 is 0. The fourth-order valence-electron chi connectivity index (χ4n) is 1.35. The van der Waals surface area contributed by atoms with Crippen LogP contribution in [0.1, 0.15) is 30.8 Å². The molecule has 0 saturated carbocycles. The topological polar surface area (TPSA) is 49.6 Å². The van der Waals surface area contributed by atoms with Gasteiger partial charge >= 0.3 is 0 Å². The highest BCUT2D eigenvalue weighted by Crippen LogP contribution is 2.08. The van der Waals surface area contributed by atoms with Crippen LogP contribution in [0.3, 0.4) is 0 Å². The highest BCUT2D eigenvalue weighted by molar-refractivity contribution is 5.59. The fourth-order valence-corrected chi connectivity index (χ4v) is 1.35. The molecule has 0 atom stereocenters. The molecular weight excluding hydrogens is 246 g/mol. The zero-order valence-electron chi connectivity index (χ0n) is 11.8. The second-order valence-corrected chi connectivity index (χ2v) is 4.32. The average molecular weight is 263 g/mol. The van der Waals surface area contributed by atoms with Crippen molar-refractivity contribution >= 4 is 11.1 Å². The molecule has 0 aromatic carbocycles. The van der Waals surface area contributed by atoms with Crippen molar-refractivity contribution in [2.24, 2.45) is 0 Å². The highest BCUT2D eigenvalue weighted by atomic mass is 14.7. The molecule has 20 heavy (non-hydrogen) atoms. The number of aromatic nitrogens is 2. The molecule has 2 aromatic rings. The average Bonchev–Trinajstić information content (AvgIpc) is 2.49. The van der Waals surface area contributed by atoms with E-state index >= 15 is 0 Å². The molecule has 0 amide bonds. The highest BCUT2D eigenvalue weighted by Gasteiger charge is 1.95. The molecule has 0 spiro atoms. The van der Waals surface area contributed by atoms with Crippen molar-refractivity contribution in [3.63, 3.8) is 0 Å². The van der Waals surface area contributed by atoms with E-state index in [2.05, 4.69) is 23.1 Å². The second-order valence-electron chi connectivity index (χ2n) is 4.32. The van der Waals surface area contributed by atoms with Crippen molar-refractivity contribution in [1.29, 1.82) is 5.26 Å². The third kappa shape index (κ3) is 4.87. The van der Waals surface area contributed by atoms with Gasteiger partial charge in [0.25, 0.3) is 0 Å². The van der Waals surface area contributed by atoms with Crippen molar-refractivity contribution in [3.8, 4) is 6.07 Å². The summed E-state index contributed by atoms with van der Waals surface area (Å²) in [6.45, 7) is 11.3. The molecule has 3 nitrogen and oxygen atoms in total. The van der Waals surface area contributed by atoms with Crippen LogP contribution in [0, 0.1) is 11.3 Å². The smallest absolute Gasteiger partial charge is 0.0992 e. The summed E-state index contributed by atoms with van der Waals surface area (Å²) in [5.74, 6) is 0. The van der Waals surface area contributed by atoms with Gasteiger partial charge in [-0.25, -0.2) is 0 Å². The first-order valence-corrected chi connectivity index (χ1v) is 6.13. The quantitative estimate of drug-likeness (QED) is 0.819. The van der Waals surface area contributed by atoms with Gasteiger partial charge in [0.05, 0.1) is 23.0 Å². The SMILES string of the molecule is C=C(C)c1cc(C#N)ccn1.C=C(C)c1ccccn1. The van der Waals surface area contributed by atoms with E-state index in [0.29, 0.717) is 5.56 Å². The minimum absolute atomic E-state index is 0.623. The Hall–Kier alpha value is -2.73. The lowest BCUT2D eigenvalue weighted by Crippen LogP contribution is -1.85. The molecule has 0 saturated heterocycles. The Morgan fingerprint density at radius 3 is 2.10 bits per heavy atom. The van der Waals surface area contributed by atoms with Crippen LogP contribution < -0.4 is 0 Å². The molecule has 2 heterocycles. The van der Waals surface area contributed by atoms with Crippen molar-refractivity contribution in [2.45, 2.75) is 13.8 Å². The van der Waals surface area contributed by atoms with E-state index < -0.39 is 0 Å². The zero-order chi connectivity index (χ0) is 15.0. The Morgan fingerprint density at radius 2 is 1.65 bits per heavy atom. The van der Waals surface area contributed by atoms with Crippen molar-refractivity contribution in [3.05, 3.63) is 72.8 Å². The van der Waals surface area contributed by atoms with Crippen LogP contribution in [0.5, 0.6) is 0 Å². The minimum atomic E-state index is 0.623. The predicted molar refractivity (Wildman–Crippen MR) is 82.6 cm³/mol. The molecule has 3 heteroatoms. The number of hydrogen-bond acceptors (Lipinski definition) is 3. The van der Waals surface area contributed by atoms with Crippen LogP contribution in [0.25, 0.3) is 11.1 Å². The largest absolute Gasteiger partial charge is 0.257 e. The lowest BCUT2D eigenvalue weighted by Gasteiger charge is -1.96. The van der Waals surface area contributed by atoms with Gasteiger partial charge in [-0.3, -0.25) is 9.97 Å². The van der Waals surface area contributed by atoms with E-state index in [-0.39, 0.29) is 0 Å². The zero-order valence-corrected chi connectivity index (χ0v) is 11.8. The van der Waals surface area contributed by atoms with Crippen LogP contribution in [0.15, 0.2) is 55.9 Å². The number of hydrogen-bond donors (Lipinski definition) is 0. The van der Waals surface area contributed by atoms with E-state index in [9.17, 15) is 0 Å². The molecule has 2 rings (SSSR count). The first-order chi connectivity index (χ1) is 9.54. The molecule has 0 N–H and O–H groups in total. The number of rotatable bonds is 2.